The molecule has 7 heteroatoms. The van der Waals surface area contributed by atoms with E-state index in [1.54, 1.807) is 29.0 Å². The van der Waals surface area contributed by atoms with Crippen molar-refractivity contribution in [2.75, 3.05) is 19.7 Å². The summed E-state index contributed by atoms with van der Waals surface area (Å²) >= 11 is 1.54. The summed E-state index contributed by atoms with van der Waals surface area (Å²) in [6, 6.07) is 11.9. The molecule has 0 radical (unpaired) electrons. The zero-order chi connectivity index (χ0) is 19.7. The fourth-order valence-corrected chi connectivity index (χ4v) is 4.74. The van der Waals surface area contributed by atoms with E-state index < -0.39 is 0 Å². The van der Waals surface area contributed by atoms with Crippen LogP contribution in [-0.4, -0.2) is 46.3 Å². The molecule has 0 saturated carbocycles. The SMILES string of the molecule is CCOC(=O)c1cc(C)nn1C1CCN(C(=O)c2cc3ccccc3s2)CC1. The Morgan fingerprint density at radius 1 is 1.21 bits per heavy atom. The normalized spacial score (nSPS) is 15.1. The van der Waals surface area contributed by atoms with Crippen molar-refractivity contribution >= 4 is 33.3 Å². The third-order valence-corrected chi connectivity index (χ3v) is 6.18. The topological polar surface area (TPSA) is 64.4 Å². The molecule has 0 unspecified atom stereocenters. The minimum absolute atomic E-state index is 0.0851. The lowest BCUT2D eigenvalue weighted by atomic mass is 10.0. The molecule has 0 aliphatic carbocycles. The van der Waals surface area contributed by atoms with Gasteiger partial charge in [0, 0.05) is 17.8 Å². The third kappa shape index (κ3) is 3.54. The number of nitrogens with zero attached hydrogens (tertiary/aromatic N) is 3. The Labute approximate surface area is 167 Å². The minimum atomic E-state index is -0.341. The summed E-state index contributed by atoms with van der Waals surface area (Å²) in [6.45, 7) is 5.31. The average molecular weight is 398 g/mol. The molecular formula is C21H23N3O3S. The van der Waals surface area contributed by atoms with Gasteiger partial charge in [0.25, 0.3) is 5.91 Å². The Hall–Kier alpha value is -2.67. The van der Waals surface area contributed by atoms with Crippen LogP contribution in [0.1, 0.15) is 51.7 Å². The zero-order valence-electron chi connectivity index (χ0n) is 16.1. The summed E-state index contributed by atoms with van der Waals surface area (Å²) < 4.78 is 8.07. The van der Waals surface area contributed by atoms with Gasteiger partial charge >= 0.3 is 5.97 Å². The molecule has 1 aliphatic rings. The molecule has 1 aromatic carbocycles. The van der Waals surface area contributed by atoms with Crippen LogP contribution >= 0.6 is 11.3 Å². The predicted molar refractivity (Wildman–Crippen MR) is 109 cm³/mol. The van der Waals surface area contributed by atoms with Gasteiger partial charge in [0.05, 0.1) is 23.2 Å². The number of benzene rings is 1. The van der Waals surface area contributed by atoms with Crippen molar-refractivity contribution in [2.45, 2.75) is 32.7 Å². The first-order valence-corrected chi connectivity index (χ1v) is 10.4. The van der Waals surface area contributed by atoms with Gasteiger partial charge in [-0.1, -0.05) is 18.2 Å². The number of amides is 1. The van der Waals surface area contributed by atoms with E-state index in [0.717, 1.165) is 33.5 Å². The van der Waals surface area contributed by atoms with Crippen LogP contribution in [-0.2, 0) is 4.74 Å². The molecule has 1 aliphatic heterocycles. The maximum absolute atomic E-state index is 12.9. The fraction of sp³-hybridized carbons (Fsp3) is 0.381. The number of rotatable bonds is 4. The summed E-state index contributed by atoms with van der Waals surface area (Å²) in [5, 5.41) is 5.62. The molecule has 0 bridgehead atoms. The predicted octanol–water partition coefficient (Wildman–Crippen LogP) is 4.06. The molecule has 1 saturated heterocycles. The Morgan fingerprint density at radius 2 is 1.96 bits per heavy atom. The summed E-state index contributed by atoms with van der Waals surface area (Å²) in [7, 11) is 0. The lowest BCUT2D eigenvalue weighted by molar-refractivity contribution is 0.0498. The second-order valence-corrected chi connectivity index (χ2v) is 8.09. The largest absolute Gasteiger partial charge is 0.461 e. The molecule has 0 atom stereocenters. The molecule has 6 nitrogen and oxygen atoms in total. The molecular weight excluding hydrogens is 374 g/mol. The molecule has 3 heterocycles. The first-order valence-electron chi connectivity index (χ1n) is 9.58. The fourth-order valence-electron chi connectivity index (χ4n) is 3.71. The van der Waals surface area contributed by atoms with Crippen LogP contribution in [0, 0.1) is 6.92 Å². The molecule has 1 fully saturated rings. The van der Waals surface area contributed by atoms with E-state index in [9.17, 15) is 9.59 Å². The van der Waals surface area contributed by atoms with Crippen LogP contribution in [0.4, 0.5) is 0 Å². The van der Waals surface area contributed by atoms with Crippen molar-refractivity contribution < 1.29 is 14.3 Å². The Balaban J connectivity index is 1.46. The van der Waals surface area contributed by atoms with Gasteiger partial charge in [-0.15, -0.1) is 11.3 Å². The first-order chi connectivity index (χ1) is 13.6. The molecule has 1 amide bonds. The quantitative estimate of drug-likeness (QED) is 0.623. The summed E-state index contributed by atoms with van der Waals surface area (Å²) in [6.07, 6.45) is 1.54. The lowest BCUT2D eigenvalue weighted by Gasteiger charge is -2.32. The van der Waals surface area contributed by atoms with Crippen LogP contribution in [0.25, 0.3) is 10.1 Å². The van der Waals surface area contributed by atoms with Crippen LogP contribution < -0.4 is 0 Å². The molecule has 0 N–H and O–H groups in total. The van der Waals surface area contributed by atoms with E-state index in [1.165, 1.54) is 0 Å². The molecule has 28 heavy (non-hydrogen) atoms. The van der Waals surface area contributed by atoms with Crippen molar-refractivity contribution in [1.29, 1.82) is 0 Å². The van der Waals surface area contributed by atoms with Crippen LogP contribution in [0.15, 0.2) is 36.4 Å². The van der Waals surface area contributed by atoms with E-state index in [0.29, 0.717) is 25.4 Å². The maximum Gasteiger partial charge on any atom is 0.356 e. The van der Waals surface area contributed by atoms with Gasteiger partial charge in [-0.05, 0) is 50.3 Å². The first kappa shape index (κ1) is 18.7. The van der Waals surface area contributed by atoms with Crippen LogP contribution in [0.3, 0.4) is 0 Å². The van der Waals surface area contributed by atoms with Gasteiger partial charge in [-0.2, -0.15) is 5.10 Å². The van der Waals surface area contributed by atoms with E-state index in [-0.39, 0.29) is 17.9 Å². The zero-order valence-corrected chi connectivity index (χ0v) is 16.9. The standard InChI is InChI=1S/C21H23N3O3S/c1-3-27-21(26)17-12-14(2)22-24(17)16-8-10-23(11-9-16)20(25)19-13-15-6-4-5-7-18(15)28-19/h4-7,12-13,16H,3,8-11H2,1-2H3. The number of likely N-dealkylation sites (tertiary alicyclic amines) is 1. The van der Waals surface area contributed by atoms with Crippen LogP contribution in [0.2, 0.25) is 0 Å². The summed E-state index contributed by atoms with van der Waals surface area (Å²) in [5.74, 6) is -0.256. The highest BCUT2D eigenvalue weighted by molar-refractivity contribution is 7.20. The number of aryl methyl sites for hydroxylation is 1. The minimum Gasteiger partial charge on any atom is -0.461 e. The third-order valence-electron chi connectivity index (χ3n) is 5.08. The highest BCUT2D eigenvalue weighted by Gasteiger charge is 2.28. The molecule has 3 aromatic rings. The Kier molecular flexibility index (Phi) is 5.17. The van der Waals surface area contributed by atoms with Crippen molar-refractivity contribution in [3.05, 3.63) is 52.7 Å². The van der Waals surface area contributed by atoms with E-state index in [1.807, 2.05) is 42.2 Å². The number of hydrogen-bond donors (Lipinski definition) is 0. The maximum atomic E-state index is 12.9. The van der Waals surface area contributed by atoms with Gasteiger partial charge < -0.3 is 9.64 Å². The van der Waals surface area contributed by atoms with E-state index >= 15 is 0 Å². The molecule has 4 rings (SSSR count). The lowest BCUT2D eigenvalue weighted by Crippen LogP contribution is -2.39. The van der Waals surface area contributed by atoms with Gasteiger partial charge in [0.2, 0.25) is 0 Å². The summed E-state index contributed by atoms with van der Waals surface area (Å²) in [5.41, 5.74) is 1.29. The van der Waals surface area contributed by atoms with Gasteiger partial charge in [-0.25, -0.2) is 4.79 Å². The number of thiophene rings is 1. The molecule has 2 aromatic heterocycles. The number of esters is 1. The second-order valence-electron chi connectivity index (χ2n) is 7.01. The van der Waals surface area contributed by atoms with Crippen molar-refractivity contribution in [1.82, 2.24) is 14.7 Å². The van der Waals surface area contributed by atoms with Gasteiger partial charge in [0.15, 0.2) is 0 Å². The number of ether oxygens (including phenoxy) is 1. The van der Waals surface area contributed by atoms with Crippen molar-refractivity contribution in [3.8, 4) is 0 Å². The number of fused-ring (bicyclic) bond motifs is 1. The van der Waals surface area contributed by atoms with Crippen molar-refractivity contribution in [3.63, 3.8) is 0 Å². The molecule has 0 spiro atoms. The monoisotopic (exact) mass is 397 g/mol. The smallest absolute Gasteiger partial charge is 0.356 e. The number of carbonyl (C=O) groups excluding carboxylic acids is 2. The number of piperidine rings is 1. The second kappa shape index (κ2) is 7.75. The number of carbonyl (C=O) groups is 2. The highest BCUT2D eigenvalue weighted by Crippen LogP contribution is 2.29. The van der Waals surface area contributed by atoms with Gasteiger partial charge in [0.1, 0.15) is 5.69 Å². The molecule has 146 valence electrons. The van der Waals surface area contributed by atoms with E-state index in [2.05, 4.69) is 5.10 Å². The van der Waals surface area contributed by atoms with Crippen molar-refractivity contribution in [2.24, 2.45) is 0 Å². The average Bonchev–Trinajstić information content (AvgIpc) is 3.31. The Morgan fingerprint density at radius 3 is 2.68 bits per heavy atom. The van der Waals surface area contributed by atoms with Gasteiger partial charge in [-0.3, -0.25) is 9.48 Å². The highest BCUT2D eigenvalue weighted by atomic mass is 32.1. The summed E-state index contributed by atoms with van der Waals surface area (Å²) in [4.78, 5) is 27.8. The van der Waals surface area contributed by atoms with Crippen LogP contribution in [0.5, 0.6) is 0 Å². The Bertz CT molecular complexity index is 982. The number of aromatic nitrogens is 2. The van der Waals surface area contributed by atoms with E-state index in [4.69, 9.17) is 4.74 Å². The number of hydrogen-bond acceptors (Lipinski definition) is 5.